The molecule has 184 valence electrons. The molecular weight excluding hydrogens is 388 g/mol. The summed E-state index contributed by atoms with van der Waals surface area (Å²) >= 11 is 0. The maximum atomic E-state index is 11.0. The van der Waals surface area contributed by atoms with Gasteiger partial charge in [-0.1, -0.05) is 48.5 Å². The van der Waals surface area contributed by atoms with Crippen molar-refractivity contribution in [2.24, 2.45) is 62.6 Å². The van der Waals surface area contributed by atoms with Crippen molar-refractivity contribution in [1.82, 2.24) is 0 Å². The van der Waals surface area contributed by atoms with Crippen LogP contribution in [-0.4, -0.2) is 10.7 Å². The summed E-state index contributed by atoms with van der Waals surface area (Å²) in [5.74, 6) is 4.73. The van der Waals surface area contributed by atoms with E-state index in [9.17, 15) is 5.11 Å². The number of fused-ring (bicyclic) bond motifs is 7. The molecule has 1 N–H and O–H groups in total. The van der Waals surface area contributed by atoms with Gasteiger partial charge in [-0.15, -0.1) is 0 Å². The summed E-state index contributed by atoms with van der Waals surface area (Å²) in [6.45, 7) is 22.8. The van der Waals surface area contributed by atoms with E-state index in [0.717, 1.165) is 29.6 Å². The summed E-state index contributed by atoms with van der Waals surface area (Å²) in [7, 11) is 0. The summed E-state index contributed by atoms with van der Waals surface area (Å²) in [6, 6.07) is 0. The monoisotopic (exact) mass is 442 g/mol. The molecule has 0 heterocycles. The molecule has 5 rings (SSSR count). The van der Waals surface area contributed by atoms with Gasteiger partial charge in [0, 0.05) is 0 Å². The zero-order chi connectivity index (χ0) is 23.5. The third-order valence-corrected chi connectivity index (χ3v) is 13.7. The van der Waals surface area contributed by atoms with Crippen molar-refractivity contribution >= 4 is 0 Å². The van der Waals surface area contributed by atoms with E-state index in [1.165, 1.54) is 64.2 Å². The molecule has 0 amide bonds. The van der Waals surface area contributed by atoms with E-state index < -0.39 is 5.60 Å². The topological polar surface area (TPSA) is 20.2 Å². The molecule has 0 radical (unpaired) electrons. The van der Waals surface area contributed by atoms with Crippen LogP contribution in [0.3, 0.4) is 0 Å². The first-order valence-corrected chi connectivity index (χ1v) is 14.3. The van der Waals surface area contributed by atoms with Crippen LogP contribution >= 0.6 is 0 Å². The first-order valence-electron chi connectivity index (χ1n) is 14.3. The van der Waals surface area contributed by atoms with Crippen LogP contribution in [0.15, 0.2) is 0 Å². The van der Waals surface area contributed by atoms with E-state index in [-0.39, 0.29) is 0 Å². The predicted molar refractivity (Wildman–Crippen MR) is 135 cm³/mol. The van der Waals surface area contributed by atoms with Gasteiger partial charge < -0.3 is 5.11 Å². The minimum atomic E-state index is -0.521. The first-order chi connectivity index (χ1) is 14.6. The molecule has 0 aromatic rings. The number of aliphatic hydroxyl groups is 1. The standard InChI is InChI=1S/C31H54O/c1-20-18-26(2,3)23-14-17-31(9)25(29(23,7)19-20)11-10-24-28(6)15-12-21(27(4,5)32)22(28)13-16-30(24,31)8/h20-25,32H,10-19H2,1-9H3/t20-,21+,22+,23+,24-,25-,28+,29+,30-,31-/m1/s1. The summed E-state index contributed by atoms with van der Waals surface area (Å²) in [6.07, 6.45) is 14.0. The van der Waals surface area contributed by atoms with Gasteiger partial charge in [0.05, 0.1) is 5.60 Å². The summed E-state index contributed by atoms with van der Waals surface area (Å²) in [5, 5.41) is 11.0. The van der Waals surface area contributed by atoms with E-state index in [0.29, 0.717) is 33.0 Å². The lowest BCUT2D eigenvalue weighted by atomic mass is 9.31. The third kappa shape index (κ3) is 2.85. The highest BCUT2D eigenvalue weighted by Crippen LogP contribution is 2.78. The molecule has 0 aromatic carbocycles. The smallest absolute Gasteiger partial charge is 0.0622 e. The Labute approximate surface area is 199 Å². The van der Waals surface area contributed by atoms with Crippen molar-refractivity contribution in [3.63, 3.8) is 0 Å². The Bertz CT molecular complexity index is 761. The molecule has 0 bridgehead atoms. The van der Waals surface area contributed by atoms with Gasteiger partial charge in [0.15, 0.2) is 0 Å². The molecule has 5 saturated carbocycles. The zero-order valence-corrected chi connectivity index (χ0v) is 23.0. The van der Waals surface area contributed by atoms with Gasteiger partial charge in [0.25, 0.3) is 0 Å². The Morgan fingerprint density at radius 2 is 1.22 bits per heavy atom. The quantitative estimate of drug-likeness (QED) is 0.431. The van der Waals surface area contributed by atoms with Gasteiger partial charge in [-0.05, 0) is 141 Å². The van der Waals surface area contributed by atoms with E-state index in [1.54, 1.807) is 0 Å². The Morgan fingerprint density at radius 1 is 0.656 bits per heavy atom. The van der Waals surface area contributed by atoms with Crippen molar-refractivity contribution < 1.29 is 5.11 Å². The summed E-state index contributed by atoms with van der Waals surface area (Å²) in [4.78, 5) is 0. The fourth-order valence-corrected chi connectivity index (χ4v) is 12.8. The van der Waals surface area contributed by atoms with Gasteiger partial charge in [0.1, 0.15) is 0 Å². The van der Waals surface area contributed by atoms with Crippen LogP contribution in [0.25, 0.3) is 0 Å². The molecular formula is C31H54O. The van der Waals surface area contributed by atoms with Gasteiger partial charge in [0.2, 0.25) is 0 Å². The van der Waals surface area contributed by atoms with Crippen molar-refractivity contribution in [3.8, 4) is 0 Å². The molecule has 0 spiro atoms. The maximum absolute atomic E-state index is 11.0. The lowest BCUT2D eigenvalue weighted by molar-refractivity contribution is -0.247. The number of rotatable bonds is 1. The summed E-state index contributed by atoms with van der Waals surface area (Å²) in [5.41, 5.74) is 1.88. The van der Waals surface area contributed by atoms with Gasteiger partial charge in [-0.3, -0.25) is 0 Å². The Morgan fingerprint density at radius 3 is 1.81 bits per heavy atom. The van der Waals surface area contributed by atoms with Crippen molar-refractivity contribution in [3.05, 3.63) is 0 Å². The predicted octanol–water partition coefficient (Wildman–Crippen LogP) is 8.49. The lowest BCUT2D eigenvalue weighted by Gasteiger charge is -2.73. The highest BCUT2D eigenvalue weighted by atomic mass is 16.3. The molecule has 0 saturated heterocycles. The minimum Gasteiger partial charge on any atom is -0.390 e. The molecule has 10 atom stereocenters. The molecule has 5 aliphatic carbocycles. The molecule has 32 heavy (non-hydrogen) atoms. The van der Waals surface area contributed by atoms with Gasteiger partial charge in [-0.25, -0.2) is 0 Å². The molecule has 1 heteroatoms. The van der Waals surface area contributed by atoms with Crippen LogP contribution in [-0.2, 0) is 0 Å². The minimum absolute atomic E-state index is 0.433. The fourth-order valence-electron chi connectivity index (χ4n) is 12.8. The Kier molecular flexibility index (Phi) is 5.03. The second kappa shape index (κ2) is 6.79. The van der Waals surface area contributed by atoms with Crippen molar-refractivity contribution in [2.45, 2.75) is 132 Å². The second-order valence-corrected chi connectivity index (χ2v) is 16.1. The zero-order valence-electron chi connectivity index (χ0n) is 23.0. The van der Waals surface area contributed by atoms with Crippen LogP contribution in [0.1, 0.15) is 127 Å². The molecule has 0 unspecified atom stereocenters. The van der Waals surface area contributed by atoms with E-state index >= 15 is 0 Å². The second-order valence-electron chi connectivity index (χ2n) is 16.1. The first kappa shape index (κ1) is 23.7. The van der Waals surface area contributed by atoms with Gasteiger partial charge in [-0.2, -0.15) is 0 Å². The SMILES string of the molecule is C[C@@H]1CC(C)(C)[C@@H]2CC[C@]3(C)[C@H](CC[C@@H]4[C@@]5(C)CC[C@H](C(C)(C)O)[C@@H]5CC[C@]43C)[C@@]2(C)C1. The van der Waals surface area contributed by atoms with E-state index in [2.05, 4.69) is 62.3 Å². The average Bonchev–Trinajstić information content (AvgIpc) is 2.98. The van der Waals surface area contributed by atoms with Crippen molar-refractivity contribution in [2.75, 3.05) is 0 Å². The van der Waals surface area contributed by atoms with Crippen LogP contribution in [0.5, 0.6) is 0 Å². The highest BCUT2D eigenvalue weighted by molar-refractivity contribution is 5.19. The lowest BCUT2D eigenvalue weighted by Crippen LogP contribution is -2.66. The molecule has 0 aliphatic heterocycles. The van der Waals surface area contributed by atoms with Crippen molar-refractivity contribution in [1.29, 1.82) is 0 Å². The number of hydrogen-bond donors (Lipinski definition) is 1. The van der Waals surface area contributed by atoms with Crippen LogP contribution in [0.4, 0.5) is 0 Å². The molecule has 0 aromatic heterocycles. The highest BCUT2D eigenvalue weighted by Gasteiger charge is 2.70. The van der Waals surface area contributed by atoms with Crippen LogP contribution in [0, 0.1) is 62.6 Å². The van der Waals surface area contributed by atoms with Crippen LogP contribution in [0.2, 0.25) is 0 Å². The number of hydrogen-bond acceptors (Lipinski definition) is 1. The van der Waals surface area contributed by atoms with E-state index in [1.807, 2.05) is 0 Å². The Hall–Kier alpha value is -0.0400. The third-order valence-electron chi connectivity index (χ3n) is 13.7. The maximum Gasteiger partial charge on any atom is 0.0622 e. The van der Waals surface area contributed by atoms with E-state index in [4.69, 9.17) is 0 Å². The average molecular weight is 443 g/mol. The normalized spacial score (nSPS) is 57.2. The van der Waals surface area contributed by atoms with Crippen LogP contribution < -0.4 is 0 Å². The van der Waals surface area contributed by atoms with Gasteiger partial charge >= 0.3 is 0 Å². The molecule has 1 nitrogen and oxygen atoms in total. The fraction of sp³-hybridized carbons (Fsp3) is 1.00. The molecule has 5 aliphatic rings. The largest absolute Gasteiger partial charge is 0.390 e. The Balaban J connectivity index is 1.52. The molecule has 5 fully saturated rings. The summed E-state index contributed by atoms with van der Waals surface area (Å²) < 4.78 is 0.